The van der Waals surface area contributed by atoms with Crippen LogP contribution in [0.2, 0.25) is 0 Å². The molecule has 0 fully saturated rings. The lowest BCUT2D eigenvalue weighted by Crippen LogP contribution is -2.47. The topological polar surface area (TPSA) is 57.7 Å². The van der Waals surface area contributed by atoms with E-state index in [0.717, 1.165) is 16.2 Å². The van der Waals surface area contributed by atoms with Gasteiger partial charge >= 0.3 is 6.03 Å². The minimum absolute atomic E-state index is 0.177. The fraction of sp³-hybridized carbons (Fsp3) is 0.769. The van der Waals surface area contributed by atoms with Crippen molar-refractivity contribution in [3.63, 3.8) is 0 Å². The monoisotopic (exact) mass is 256 g/mol. The first-order chi connectivity index (χ1) is 8.27. The Morgan fingerprint density at radius 3 is 1.83 bits per heavy atom. The Bertz CT molecular complexity index is 328. The average Bonchev–Trinajstić information content (AvgIpc) is 2.36. The van der Waals surface area contributed by atoms with Crippen LogP contribution in [0.25, 0.3) is 0 Å². The third-order valence-corrected chi connectivity index (χ3v) is 3.46. The highest BCUT2D eigenvalue weighted by Gasteiger charge is 2.30. The van der Waals surface area contributed by atoms with Crippen molar-refractivity contribution in [1.82, 2.24) is 9.80 Å². The van der Waals surface area contributed by atoms with Crippen LogP contribution in [-0.4, -0.2) is 41.7 Å². The summed E-state index contributed by atoms with van der Waals surface area (Å²) >= 11 is 0. The highest BCUT2D eigenvalue weighted by Crippen LogP contribution is 2.21. The number of urea groups is 1. The maximum absolute atomic E-state index is 12.2. The Kier molecular flexibility index (Phi) is 6.58. The van der Waals surface area contributed by atoms with Crippen molar-refractivity contribution in [2.24, 2.45) is 11.8 Å². The summed E-state index contributed by atoms with van der Waals surface area (Å²) in [5, 5.41) is 0. The lowest BCUT2D eigenvalue weighted by Gasteiger charge is -2.27. The molecule has 0 saturated carbocycles. The summed E-state index contributed by atoms with van der Waals surface area (Å²) in [6, 6.07) is -0.575. The van der Waals surface area contributed by atoms with Crippen molar-refractivity contribution >= 4 is 17.8 Å². The van der Waals surface area contributed by atoms with Crippen LogP contribution in [0.5, 0.6) is 0 Å². The van der Waals surface area contributed by atoms with E-state index >= 15 is 0 Å². The van der Waals surface area contributed by atoms with Crippen molar-refractivity contribution in [3.8, 4) is 0 Å². The summed E-state index contributed by atoms with van der Waals surface area (Å²) in [4.78, 5) is 37.2. The molecule has 0 aliphatic heterocycles. The summed E-state index contributed by atoms with van der Waals surface area (Å²) in [5.74, 6) is -0.550. The Hall–Kier alpha value is -1.39. The Labute approximate surface area is 109 Å². The minimum atomic E-state index is -0.575. The third kappa shape index (κ3) is 3.82. The lowest BCUT2D eigenvalue weighted by atomic mass is 9.88. The standard InChI is InChI=1S/C13H24N2O3/c1-7-9(3)11(8-2)12(17)15(6)13(18)14(5)10(4)16/h9,11H,7-8H2,1-6H3/t9-,11-/m0/s1. The predicted molar refractivity (Wildman–Crippen MR) is 69.8 cm³/mol. The zero-order valence-electron chi connectivity index (χ0n) is 12.2. The molecule has 0 unspecified atom stereocenters. The summed E-state index contributed by atoms with van der Waals surface area (Å²) in [6.07, 6.45) is 1.57. The number of carbonyl (C=O) groups excluding carboxylic acids is 3. The van der Waals surface area contributed by atoms with Gasteiger partial charge in [-0.05, 0) is 12.3 Å². The number of hydrogen-bond acceptors (Lipinski definition) is 3. The molecule has 0 aromatic rings. The van der Waals surface area contributed by atoms with Crippen molar-refractivity contribution in [1.29, 1.82) is 0 Å². The van der Waals surface area contributed by atoms with Crippen LogP contribution in [0.15, 0.2) is 0 Å². The second kappa shape index (κ2) is 7.13. The molecular formula is C13H24N2O3. The van der Waals surface area contributed by atoms with E-state index in [1.165, 1.54) is 21.0 Å². The second-order valence-corrected chi connectivity index (χ2v) is 4.66. The Morgan fingerprint density at radius 2 is 1.50 bits per heavy atom. The maximum Gasteiger partial charge on any atom is 0.332 e. The van der Waals surface area contributed by atoms with Gasteiger partial charge < -0.3 is 0 Å². The van der Waals surface area contributed by atoms with Crippen molar-refractivity contribution < 1.29 is 14.4 Å². The van der Waals surface area contributed by atoms with E-state index < -0.39 is 6.03 Å². The molecule has 0 aliphatic carbocycles. The van der Waals surface area contributed by atoms with Gasteiger partial charge in [-0.25, -0.2) is 4.79 Å². The number of carbonyl (C=O) groups is 3. The fourth-order valence-corrected chi connectivity index (χ4v) is 1.81. The SMILES string of the molecule is CC[C@H](C(=O)N(C)C(=O)N(C)C(C)=O)[C@@H](C)CC. The zero-order valence-corrected chi connectivity index (χ0v) is 12.2. The summed E-state index contributed by atoms with van der Waals surface area (Å²) in [7, 11) is 2.80. The molecule has 104 valence electrons. The van der Waals surface area contributed by atoms with Crippen molar-refractivity contribution in [2.75, 3.05) is 14.1 Å². The van der Waals surface area contributed by atoms with Crippen molar-refractivity contribution in [2.45, 2.75) is 40.5 Å². The van der Waals surface area contributed by atoms with Crippen LogP contribution in [0.3, 0.4) is 0 Å². The van der Waals surface area contributed by atoms with Gasteiger partial charge in [-0.2, -0.15) is 0 Å². The molecule has 4 amide bonds. The van der Waals surface area contributed by atoms with Crippen molar-refractivity contribution in [3.05, 3.63) is 0 Å². The van der Waals surface area contributed by atoms with E-state index in [1.807, 2.05) is 20.8 Å². The summed E-state index contributed by atoms with van der Waals surface area (Å²) < 4.78 is 0. The van der Waals surface area contributed by atoms with Crippen LogP contribution in [0, 0.1) is 11.8 Å². The van der Waals surface area contributed by atoms with Gasteiger partial charge in [-0.3, -0.25) is 19.4 Å². The first kappa shape index (κ1) is 16.6. The molecule has 2 atom stereocenters. The van der Waals surface area contributed by atoms with Crippen LogP contribution in [-0.2, 0) is 9.59 Å². The fourth-order valence-electron chi connectivity index (χ4n) is 1.81. The number of nitrogens with zero attached hydrogens (tertiary/aromatic N) is 2. The molecule has 0 aromatic heterocycles. The number of imide groups is 2. The first-order valence-corrected chi connectivity index (χ1v) is 6.33. The second-order valence-electron chi connectivity index (χ2n) is 4.66. The molecule has 0 aliphatic rings. The average molecular weight is 256 g/mol. The largest absolute Gasteiger partial charge is 0.332 e. The molecule has 18 heavy (non-hydrogen) atoms. The van der Waals surface area contributed by atoms with Gasteiger partial charge in [-0.15, -0.1) is 0 Å². The van der Waals surface area contributed by atoms with E-state index in [9.17, 15) is 14.4 Å². The molecule has 0 radical (unpaired) electrons. The minimum Gasteiger partial charge on any atom is -0.275 e. The van der Waals surface area contributed by atoms with Gasteiger partial charge in [0.2, 0.25) is 11.8 Å². The van der Waals surface area contributed by atoms with E-state index in [1.54, 1.807) is 0 Å². The zero-order chi connectivity index (χ0) is 14.5. The highest BCUT2D eigenvalue weighted by molar-refractivity contribution is 6.01. The molecule has 0 N–H and O–H groups in total. The van der Waals surface area contributed by atoms with Crippen LogP contribution in [0.1, 0.15) is 40.5 Å². The molecular weight excluding hydrogens is 232 g/mol. The third-order valence-electron chi connectivity index (χ3n) is 3.46. The number of rotatable bonds is 4. The molecule has 0 spiro atoms. The van der Waals surface area contributed by atoms with Gasteiger partial charge in [0.05, 0.1) is 0 Å². The highest BCUT2D eigenvalue weighted by atomic mass is 16.2. The van der Waals surface area contributed by atoms with E-state index in [-0.39, 0.29) is 23.7 Å². The van der Waals surface area contributed by atoms with E-state index in [2.05, 4.69) is 0 Å². The van der Waals surface area contributed by atoms with Gasteiger partial charge in [0.1, 0.15) is 0 Å². The van der Waals surface area contributed by atoms with E-state index in [4.69, 9.17) is 0 Å². The van der Waals surface area contributed by atoms with Crippen LogP contribution >= 0.6 is 0 Å². The molecule has 0 aromatic carbocycles. The van der Waals surface area contributed by atoms with E-state index in [0.29, 0.717) is 6.42 Å². The van der Waals surface area contributed by atoms with Gasteiger partial charge in [0.15, 0.2) is 0 Å². The molecule has 0 rings (SSSR count). The Morgan fingerprint density at radius 1 is 1.00 bits per heavy atom. The summed E-state index contributed by atoms with van der Waals surface area (Å²) in [5.41, 5.74) is 0. The molecule has 0 heterocycles. The van der Waals surface area contributed by atoms with Crippen LogP contribution in [0.4, 0.5) is 4.79 Å². The maximum atomic E-state index is 12.2. The molecule has 0 saturated heterocycles. The van der Waals surface area contributed by atoms with Gasteiger partial charge in [0, 0.05) is 26.9 Å². The smallest absolute Gasteiger partial charge is 0.275 e. The quantitative estimate of drug-likeness (QED) is 0.774. The first-order valence-electron chi connectivity index (χ1n) is 6.33. The number of amides is 4. The lowest BCUT2D eigenvalue weighted by molar-refractivity contribution is -0.134. The number of hydrogen-bond donors (Lipinski definition) is 0. The van der Waals surface area contributed by atoms with Crippen LogP contribution < -0.4 is 0 Å². The van der Waals surface area contributed by atoms with Gasteiger partial charge in [0.25, 0.3) is 0 Å². The molecule has 5 heteroatoms. The normalized spacial score (nSPS) is 13.7. The Balaban J connectivity index is 4.87. The molecule has 5 nitrogen and oxygen atoms in total. The predicted octanol–water partition coefficient (Wildman–Crippen LogP) is 2.12. The molecule has 0 bridgehead atoms. The van der Waals surface area contributed by atoms with Gasteiger partial charge in [-0.1, -0.05) is 27.2 Å². The summed E-state index contributed by atoms with van der Waals surface area (Å²) in [6.45, 7) is 7.24.